The van der Waals surface area contributed by atoms with Crippen molar-refractivity contribution in [3.05, 3.63) is 35.5 Å². The van der Waals surface area contributed by atoms with Crippen molar-refractivity contribution in [3.63, 3.8) is 0 Å². The number of rotatable bonds is 5. The molecule has 0 saturated heterocycles. The molecular formula is C17H24N6O2. The predicted molar refractivity (Wildman–Crippen MR) is 93.2 cm³/mol. The number of nitrogens with zero attached hydrogens (tertiary/aromatic N) is 4. The normalized spacial score (nSPS) is 16.6. The first-order valence-electron chi connectivity index (χ1n) is 8.52. The van der Waals surface area contributed by atoms with Gasteiger partial charge in [0.25, 0.3) is 0 Å². The number of nitrogens with one attached hydrogen (secondary N) is 2. The number of ether oxygens (including phenoxy) is 1. The fourth-order valence-electron chi connectivity index (χ4n) is 2.97. The van der Waals surface area contributed by atoms with E-state index >= 15 is 0 Å². The van der Waals surface area contributed by atoms with Crippen LogP contribution in [0.2, 0.25) is 0 Å². The van der Waals surface area contributed by atoms with Gasteiger partial charge in [0.1, 0.15) is 12.1 Å². The molecule has 25 heavy (non-hydrogen) atoms. The minimum absolute atomic E-state index is 0.0796. The second-order valence-corrected chi connectivity index (χ2v) is 6.48. The van der Waals surface area contributed by atoms with Crippen LogP contribution in [0.5, 0.6) is 0 Å². The van der Waals surface area contributed by atoms with E-state index in [1.165, 1.54) is 11.9 Å². The van der Waals surface area contributed by atoms with Crippen molar-refractivity contribution < 1.29 is 9.53 Å². The summed E-state index contributed by atoms with van der Waals surface area (Å²) < 4.78 is 7.00. The molecule has 2 aromatic rings. The second kappa shape index (κ2) is 7.60. The van der Waals surface area contributed by atoms with Gasteiger partial charge >= 0.3 is 6.03 Å². The fourth-order valence-corrected chi connectivity index (χ4v) is 2.97. The molecule has 0 radical (unpaired) electrons. The molecule has 2 heterocycles. The summed E-state index contributed by atoms with van der Waals surface area (Å²) in [5.41, 5.74) is 2.90. The van der Waals surface area contributed by atoms with Gasteiger partial charge in [0.2, 0.25) is 0 Å². The topological polar surface area (TPSA) is 94.0 Å². The molecule has 3 rings (SSSR count). The van der Waals surface area contributed by atoms with Crippen molar-refractivity contribution in [2.75, 3.05) is 12.4 Å². The number of fused-ring (bicyclic) bond motifs is 1. The van der Waals surface area contributed by atoms with E-state index in [1.54, 1.807) is 13.2 Å². The molecule has 0 saturated carbocycles. The molecule has 0 spiro atoms. The number of carbonyl (C=O) groups is 1. The van der Waals surface area contributed by atoms with Gasteiger partial charge in [-0.3, -0.25) is 10.00 Å². The Hall–Kier alpha value is -2.48. The number of hydrogen-bond donors (Lipinski definition) is 2. The van der Waals surface area contributed by atoms with Gasteiger partial charge in [0.05, 0.1) is 24.0 Å². The van der Waals surface area contributed by atoms with Crippen molar-refractivity contribution in [2.45, 2.75) is 51.8 Å². The van der Waals surface area contributed by atoms with Crippen molar-refractivity contribution in [3.8, 4) is 0 Å². The Morgan fingerprint density at radius 2 is 2.28 bits per heavy atom. The third-order valence-corrected chi connectivity index (χ3v) is 4.20. The number of aryl methyl sites for hydroxylation is 1. The van der Waals surface area contributed by atoms with Gasteiger partial charge < -0.3 is 10.1 Å². The molecule has 1 aliphatic rings. The third kappa shape index (κ3) is 4.14. The Balaban J connectivity index is 1.67. The Bertz CT molecular complexity index is 742. The van der Waals surface area contributed by atoms with Crippen molar-refractivity contribution in [2.24, 2.45) is 0 Å². The van der Waals surface area contributed by atoms with Crippen molar-refractivity contribution >= 4 is 11.8 Å². The van der Waals surface area contributed by atoms with Crippen LogP contribution in [-0.2, 0) is 17.8 Å². The van der Waals surface area contributed by atoms with Gasteiger partial charge in [0.15, 0.2) is 0 Å². The highest BCUT2D eigenvalue weighted by Crippen LogP contribution is 2.29. The van der Waals surface area contributed by atoms with E-state index in [0.29, 0.717) is 24.2 Å². The van der Waals surface area contributed by atoms with E-state index in [-0.39, 0.29) is 12.1 Å². The maximum atomic E-state index is 12.4. The molecule has 0 fully saturated rings. The lowest BCUT2D eigenvalue weighted by Crippen LogP contribution is -2.34. The molecule has 1 aliphatic carbocycles. The molecule has 134 valence electrons. The zero-order valence-electron chi connectivity index (χ0n) is 14.8. The smallest absolute Gasteiger partial charge is 0.320 e. The fraction of sp³-hybridized carbons (Fsp3) is 0.529. The molecule has 2 N–H and O–H groups in total. The maximum Gasteiger partial charge on any atom is 0.320 e. The van der Waals surface area contributed by atoms with E-state index in [2.05, 4.69) is 45.7 Å². The zero-order chi connectivity index (χ0) is 17.8. The number of carbonyl (C=O) groups excluding carboxylic acids is 1. The maximum absolute atomic E-state index is 12.4. The molecular weight excluding hydrogens is 320 g/mol. The van der Waals surface area contributed by atoms with Crippen molar-refractivity contribution in [1.29, 1.82) is 0 Å². The number of hydrogen-bond acceptors (Lipinski definition) is 5. The average molecular weight is 344 g/mol. The summed E-state index contributed by atoms with van der Waals surface area (Å²) in [6.45, 7) is 4.57. The Kier molecular flexibility index (Phi) is 5.28. The molecule has 1 atom stereocenters. The summed E-state index contributed by atoms with van der Waals surface area (Å²) in [6, 6.07) is 1.63. The summed E-state index contributed by atoms with van der Waals surface area (Å²) in [4.78, 5) is 20.5. The van der Waals surface area contributed by atoms with Crippen molar-refractivity contribution in [1.82, 2.24) is 25.1 Å². The van der Waals surface area contributed by atoms with Crippen LogP contribution in [0, 0.1) is 0 Å². The van der Waals surface area contributed by atoms with Gasteiger partial charge in [-0.05, 0) is 38.7 Å². The van der Waals surface area contributed by atoms with Crippen LogP contribution in [0.15, 0.2) is 18.6 Å². The first-order chi connectivity index (χ1) is 12.1. The largest absolute Gasteiger partial charge is 0.378 e. The number of urea groups is 1. The molecule has 2 amide bonds. The monoisotopic (exact) mass is 344 g/mol. The summed E-state index contributed by atoms with van der Waals surface area (Å²) in [7, 11) is 1.60. The van der Waals surface area contributed by atoms with Gasteiger partial charge in [-0.2, -0.15) is 5.10 Å². The highest BCUT2D eigenvalue weighted by Gasteiger charge is 2.25. The van der Waals surface area contributed by atoms with Gasteiger partial charge in [-0.15, -0.1) is 0 Å². The average Bonchev–Trinajstić information content (AvgIpc) is 3.01. The zero-order valence-corrected chi connectivity index (χ0v) is 14.8. The van der Waals surface area contributed by atoms with Crippen LogP contribution in [0.4, 0.5) is 10.6 Å². The molecule has 0 aromatic carbocycles. The predicted octanol–water partition coefficient (Wildman–Crippen LogP) is 2.60. The molecule has 0 bridgehead atoms. The van der Waals surface area contributed by atoms with Gasteiger partial charge in [0, 0.05) is 25.4 Å². The lowest BCUT2D eigenvalue weighted by Gasteiger charge is -2.22. The molecule has 0 aliphatic heterocycles. The Morgan fingerprint density at radius 3 is 3.04 bits per heavy atom. The summed E-state index contributed by atoms with van der Waals surface area (Å²) in [5, 5.41) is 10.4. The van der Waals surface area contributed by atoms with Crippen LogP contribution >= 0.6 is 0 Å². The number of amides is 2. The van der Waals surface area contributed by atoms with Crippen LogP contribution in [0.1, 0.15) is 55.7 Å². The highest BCUT2D eigenvalue weighted by atomic mass is 16.5. The summed E-state index contributed by atoms with van der Waals surface area (Å²) in [6.07, 6.45) is 6.43. The second-order valence-electron chi connectivity index (χ2n) is 6.48. The minimum atomic E-state index is -0.293. The first-order valence-corrected chi connectivity index (χ1v) is 8.52. The molecule has 2 aromatic heterocycles. The molecule has 8 nitrogen and oxygen atoms in total. The van der Waals surface area contributed by atoms with Gasteiger partial charge in [-0.1, -0.05) is 0 Å². The number of anilines is 1. The van der Waals surface area contributed by atoms with Crippen LogP contribution < -0.4 is 10.6 Å². The SMILES string of the molecule is COCc1cc(NC(=O)NC2CCCc3cn(C(C)C)nc32)ncn1. The van der Waals surface area contributed by atoms with Gasteiger partial charge in [-0.25, -0.2) is 14.8 Å². The summed E-state index contributed by atoms with van der Waals surface area (Å²) in [5.74, 6) is 0.447. The Labute approximate surface area is 147 Å². The lowest BCUT2D eigenvalue weighted by atomic mass is 9.94. The van der Waals surface area contributed by atoms with E-state index in [4.69, 9.17) is 4.74 Å². The highest BCUT2D eigenvalue weighted by molar-refractivity contribution is 5.88. The van der Waals surface area contributed by atoms with Crippen LogP contribution in [-0.4, -0.2) is 32.9 Å². The number of methoxy groups -OCH3 is 1. The number of aromatic nitrogens is 4. The summed E-state index contributed by atoms with van der Waals surface area (Å²) >= 11 is 0. The lowest BCUT2D eigenvalue weighted by molar-refractivity contribution is 0.181. The van der Waals surface area contributed by atoms with E-state index in [1.807, 2.05) is 4.68 Å². The third-order valence-electron chi connectivity index (χ3n) is 4.20. The first kappa shape index (κ1) is 17.3. The van der Waals surface area contributed by atoms with Crippen LogP contribution in [0.25, 0.3) is 0 Å². The van der Waals surface area contributed by atoms with E-state index in [9.17, 15) is 4.79 Å². The molecule has 8 heteroatoms. The Morgan fingerprint density at radius 1 is 1.44 bits per heavy atom. The van der Waals surface area contributed by atoms with E-state index in [0.717, 1.165) is 25.0 Å². The van der Waals surface area contributed by atoms with Crippen LogP contribution in [0.3, 0.4) is 0 Å². The quantitative estimate of drug-likeness (QED) is 0.869. The van der Waals surface area contributed by atoms with E-state index < -0.39 is 0 Å². The standard InChI is InChI=1S/C17H24N6O2/c1-11(2)23-8-12-5-4-6-14(16(12)22-23)20-17(24)21-15-7-13(9-25-3)18-10-19-15/h7-8,10-11,14H,4-6,9H2,1-3H3,(H2,18,19,20,21,24). The minimum Gasteiger partial charge on any atom is -0.378 e. The molecule has 1 unspecified atom stereocenters.